The van der Waals surface area contributed by atoms with E-state index in [2.05, 4.69) is 27.3 Å². The number of fused-ring (bicyclic) bond motifs is 1. The molecule has 1 aliphatic heterocycles. The number of carbonyl (C=O) groups is 1. The highest BCUT2D eigenvalue weighted by Crippen LogP contribution is 2.31. The van der Waals surface area contributed by atoms with Gasteiger partial charge in [-0.05, 0) is 59.1 Å². The van der Waals surface area contributed by atoms with Gasteiger partial charge in [-0.1, -0.05) is 18.2 Å². The molecule has 3 aromatic rings. The summed E-state index contributed by atoms with van der Waals surface area (Å²) in [5.41, 5.74) is 3.83. The number of nitrogens with one attached hydrogen (secondary N) is 1. The lowest BCUT2D eigenvalue weighted by Crippen LogP contribution is -2.41. The maximum Gasteiger partial charge on any atom is 0.223 e. The van der Waals surface area contributed by atoms with Crippen molar-refractivity contribution in [3.63, 3.8) is 0 Å². The van der Waals surface area contributed by atoms with Crippen molar-refractivity contribution in [2.75, 3.05) is 31.1 Å². The van der Waals surface area contributed by atoms with Crippen LogP contribution < -0.4 is 10.2 Å². The number of hydrogen-bond donors (Lipinski definition) is 1. The van der Waals surface area contributed by atoms with Crippen LogP contribution in [0.25, 0.3) is 16.6 Å². The van der Waals surface area contributed by atoms with E-state index in [9.17, 15) is 4.79 Å². The third kappa shape index (κ3) is 5.16. The van der Waals surface area contributed by atoms with Crippen LogP contribution in [-0.2, 0) is 9.53 Å². The quantitative estimate of drug-likeness (QED) is 0.528. The van der Waals surface area contributed by atoms with Gasteiger partial charge in [0.05, 0.1) is 28.6 Å². The molecule has 0 radical (unpaired) electrons. The van der Waals surface area contributed by atoms with Gasteiger partial charge in [-0.25, -0.2) is 4.68 Å². The van der Waals surface area contributed by atoms with Crippen molar-refractivity contribution in [1.82, 2.24) is 25.3 Å². The van der Waals surface area contributed by atoms with Crippen LogP contribution in [0.5, 0.6) is 0 Å². The number of hydrogen-bond acceptors (Lipinski definition) is 6. The zero-order chi connectivity index (χ0) is 23.4. The standard InChI is InChI=1S/C25H34N6O2/c1-17(2)33-16-8-13-26-25(32)20-11-14-30(15-12-20)24-23-22(18(3)27-28-24)19(4)31(29-23)21-9-6-5-7-10-21/h5-7,9-10,17,20H,8,11-16H2,1-4H3,(H,26,32). The van der Waals surface area contributed by atoms with Crippen molar-refractivity contribution < 1.29 is 9.53 Å². The Labute approximate surface area is 195 Å². The molecular weight excluding hydrogens is 416 g/mol. The van der Waals surface area contributed by atoms with Crippen molar-refractivity contribution in [3.05, 3.63) is 41.7 Å². The van der Waals surface area contributed by atoms with Crippen molar-refractivity contribution in [1.29, 1.82) is 0 Å². The number of nitrogens with zero attached hydrogens (tertiary/aromatic N) is 5. The molecule has 2 aromatic heterocycles. The summed E-state index contributed by atoms with van der Waals surface area (Å²) in [5.74, 6) is 0.978. The average molecular weight is 451 g/mol. The van der Waals surface area contributed by atoms with Gasteiger partial charge in [-0.15, -0.1) is 5.10 Å². The Morgan fingerprint density at radius 1 is 1.15 bits per heavy atom. The minimum Gasteiger partial charge on any atom is -0.379 e. The Kier molecular flexibility index (Phi) is 7.23. The molecule has 3 heterocycles. The van der Waals surface area contributed by atoms with E-state index >= 15 is 0 Å². The lowest BCUT2D eigenvalue weighted by molar-refractivity contribution is -0.125. The smallest absolute Gasteiger partial charge is 0.223 e. The highest BCUT2D eigenvalue weighted by atomic mass is 16.5. The predicted octanol–water partition coefficient (Wildman–Crippen LogP) is 3.58. The molecule has 0 unspecified atom stereocenters. The summed E-state index contributed by atoms with van der Waals surface area (Å²) in [6.45, 7) is 10.9. The number of benzene rings is 1. The molecule has 0 bridgehead atoms. The van der Waals surface area contributed by atoms with Crippen LogP contribution in [0.1, 0.15) is 44.5 Å². The first-order chi connectivity index (χ1) is 16.0. The van der Waals surface area contributed by atoms with Crippen LogP contribution in [0, 0.1) is 19.8 Å². The number of para-hydroxylation sites is 1. The highest BCUT2D eigenvalue weighted by molar-refractivity contribution is 5.92. The summed E-state index contributed by atoms with van der Waals surface area (Å²) in [5, 5.41) is 18.0. The zero-order valence-corrected chi connectivity index (χ0v) is 20.0. The number of aromatic nitrogens is 4. The number of anilines is 1. The van der Waals surface area contributed by atoms with Crippen LogP contribution >= 0.6 is 0 Å². The number of rotatable bonds is 8. The summed E-state index contributed by atoms with van der Waals surface area (Å²) in [6, 6.07) is 10.1. The van der Waals surface area contributed by atoms with Gasteiger partial charge in [0.2, 0.25) is 5.91 Å². The molecule has 8 nitrogen and oxygen atoms in total. The lowest BCUT2D eigenvalue weighted by Gasteiger charge is -2.32. The van der Waals surface area contributed by atoms with Crippen molar-refractivity contribution in [2.24, 2.45) is 5.92 Å². The Morgan fingerprint density at radius 3 is 2.58 bits per heavy atom. The molecule has 1 amide bonds. The van der Waals surface area contributed by atoms with Gasteiger partial charge in [0.1, 0.15) is 5.52 Å². The fraction of sp³-hybridized carbons (Fsp3) is 0.520. The SMILES string of the molecule is Cc1nnc(N2CCC(C(=O)NCCCOC(C)C)CC2)c2nn(-c3ccccc3)c(C)c12. The third-order valence-corrected chi connectivity index (χ3v) is 6.22. The molecule has 0 aliphatic carbocycles. The average Bonchev–Trinajstić information content (AvgIpc) is 3.17. The zero-order valence-electron chi connectivity index (χ0n) is 20.0. The topological polar surface area (TPSA) is 85.2 Å². The van der Waals surface area contributed by atoms with E-state index in [1.807, 2.05) is 55.8 Å². The van der Waals surface area contributed by atoms with Crippen molar-refractivity contribution >= 4 is 22.6 Å². The van der Waals surface area contributed by atoms with E-state index in [-0.39, 0.29) is 17.9 Å². The minimum absolute atomic E-state index is 0.0322. The van der Waals surface area contributed by atoms with E-state index in [0.717, 1.165) is 66.1 Å². The Balaban J connectivity index is 1.43. The van der Waals surface area contributed by atoms with Crippen LogP contribution in [0.4, 0.5) is 5.82 Å². The van der Waals surface area contributed by atoms with Crippen LogP contribution in [-0.4, -0.2) is 58.2 Å². The van der Waals surface area contributed by atoms with E-state index in [1.54, 1.807) is 0 Å². The molecule has 1 N–H and O–H groups in total. The van der Waals surface area contributed by atoms with Crippen LogP contribution in [0.15, 0.2) is 30.3 Å². The lowest BCUT2D eigenvalue weighted by atomic mass is 9.95. The Bertz CT molecular complexity index is 1090. The molecule has 0 spiro atoms. The number of aryl methyl sites for hydroxylation is 2. The minimum atomic E-state index is 0.0322. The summed E-state index contributed by atoms with van der Waals surface area (Å²) in [6.07, 6.45) is 2.65. The summed E-state index contributed by atoms with van der Waals surface area (Å²) >= 11 is 0. The molecule has 8 heteroatoms. The van der Waals surface area contributed by atoms with Gasteiger partial charge >= 0.3 is 0 Å². The molecule has 1 aliphatic rings. The molecule has 1 aromatic carbocycles. The van der Waals surface area contributed by atoms with Gasteiger partial charge in [-0.3, -0.25) is 4.79 Å². The molecule has 176 valence electrons. The van der Waals surface area contributed by atoms with E-state index in [1.165, 1.54) is 0 Å². The second-order valence-corrected chi connectivity index (χ2v) is 8.99. The molecule has 1 saturated heterocycles. The predicted molar refractivity (Wildman–Crippen MR) is 130 cm³/mol. The third-order valence-electron chi connectivity index (χ3n) is 6.22. The molecule has 33 heavy (non-hydrogen) atoms. The number of ether oxygens (including phenoxy) is 1. The van der Waals surface area contributed by atoms with Gasteiger partial charge in [-0.2, -0.15) is 10.2 Å². The van der Waals surface area contributed by atoms with Crippen molar-refractivity contribution in [2.45, 2.75) is 53.1 Å². The maximum atomic E-state index is 12.6. The monoisotopic (exact) mass is 450 g/mol. The van der Waals surface area contributed by atoms with Gasteiger partial charge in [0.15, 0.2) is 5.82 Å². The van der Waals surface area contributed by atoms with Gasteiger partial charge in [0.25, 0.3) is 0 Å². The normalized spacial score (nSPS) is 14.9. The molecule has 4 rings (SSSR count). The second-order valence-electron chi connectivity index (χ2n) is 8.99. The molecule has 0 atom stereocenters. The van der Waals surface area contributed by atoms with Gasteiger partial charge < -0.3 is 15.0 Å². The Morgan fingerprint density at radius 2 is 1.88 bits per heavy atom. The number of piperidine rings is 1. The molecule has 1 fully saturated rings. The fourth-order valence-corrected chi connectivity index (χ4v) is 4.45. The summed E-state index contributed by atoms with van der Waals surface area (Å²) in [7, 11) is 0. The number of amides is 1. The highest BCUT2D eigenvalue weighted by Gasteiger charge is 2.28. The fourth-order valence-electron chi connectivity index (χ4n) is 4.45. The van der Waals surface area contributed by atoms with E-state index in [0.29, 0.717) is 13.2 Å². The second kappa shape index (κ2) is 10.3. The van der Waals surface area contributed by atoms with Crippen molar-refractivity contribution in [3.8, 4) is 5.69 Å². The van der Waals surface area contributed by atoms with Crippen LogP contribution in [0.3, 0.4) is 0 Å². The number of carbonyl (C=O) groups excluding carboxylic acids is 1. The molecule has 0 saturated carbocycles. The first-order valence-electron chi connectivity index (χ1n) is 11.9. The molecular formula is C25H34N6O2. The largest absolute Gasteiger partial charge is 0.379 e. The first kappa shape index (κ1) is 23.2. The maximum absolute atomic E-state index is 12.6. The first-order valence-corrected chi connectivity index (χ1v) is 11.9. The van der Waals surface area contributed by atoms with Gasteiger partial charge in [0, 0.05) is 32.2 Å². The van der Waals surface area contributed by atoms with Crippen LogP contribution in [0.2, 0.25) is 0 Å². The van der Waals surface area contributed by atoms with E-state index in [4.69, 9.17) is 9.84 Å². The Hall–Kier alpha value is -3.00. The van der Waals surface area contributed by atoms with E-state index < -0.39 is 0 Å². The summed E-state index contributed by atoms with van der Waals surface area (Å²) in [4.78, 5) is 14.8. The summed E-state index contributed by atoms with van der Waals surface area (Å²) < 4.78 is 7.50.